The van der Waals surface area contributed by atoms with E-state index >= 15 is 0 Å². The lowest BCUT2D eigenvalue weighted by molar-refractivity contribution is 0.0993. The van der Waals surface area contributed by atoms with E-state index in [0.717, 1.165) is 11.2 Å². The number of hydrogen-bond acceptors (Lipinski definition) is 4. The Morgan fingerprint density at radius 2 is 2.10 bits per heavy atom. The van der Waals surface area contributed by atoms with Gasteiger partial charge < -0.3 is 9.64 Å². The minimum atomic E-state index is -0.105. The van der Waals surface area contributed by atoms with E-state index in [0.29, 0.717) is 11.4 Å². The van der Waals surface area contributed by atoms with Crippen molar-refractivity contribution >= 4 is 17.1 Å². The van der Waals surface area contributed by atoms with Gasteiger partial charge in [0.15, 0.2) is 0 Å². The predicted octanol–water partition coefficient (Wildman–Crippen LogP) is 2.01. The highest BCUT2D eigenvalue weighted by molar-refractivity contribution is 6.06. The molecule has 0 aliphatic rings. The molecule has 6 nitrogen and oxygen atoms in total. The van der Waals surface area contributed by atoms with Crippen molar-refractivity contribution in [1.29, 1.82) is 0 Å². The molecule has 0 unspecified atom stereocenters. The molecule has 0 radical (unpaired) electrons. The summed E-state index contributed by atoms with van der Waals surface area (Å²) in [5, 5.41) is 4.11. The van der Waals surface area contributed by atoms with Gasteiger partial charge in [0.05, 0.1) is 18.3 Å². The van der Waals surface area contributed by atoms with Gasteiger partial charge in [-0.05, 0) is 24.3 Å². The summed E-state index contributed by atoms with van der Waals surface area (Å²) in [6.07, 6.45) is 5.07. The zero-order chi connectivity index (χ0) is 14.8. The van der Waals surface area contributed by atoms with Crippen molar-refractivity contribution in [2.45, 2.75) is 0 Å². The first kappa shape index (κ1) is 13.1. The van der Waals surface area contributed by atoms with Crippen LogP contribution in [0.3, 0.4) is 0 Å². The molecule has 3 rings (SSSR count). The molecule has 0 saturated carbocycles. The SMILES string of the molecule is COc1cc(N(C)C(=O)c2ccn3nccc3c2)ccn1. The number of anilines is 1. The number of methoxy groups -OCH3 is 1. The molecule has 0 N–H and O–H groups in total. The van der Waals surface area contributed by atoms with Crippen molar-refractivity contribution in [3.63, 3.8) is 0 Å². The van der Waals surface area contributed by atoms with Gasteiger partial charge in [-0.15, -0.1) is 0 Å². The molecule has 0 spiro atoms. The molecule has 1 amide bonds. The first-order chi connectivity index (χ1) is 10.2. The van der Waals surface area contributed by atoms with Crippen LogP contribution in [0.5, 0.6) is 5.88 Å². The van der Waals surface area contributed by atoms with Gasteiger partial charge in [0, 0.05) is 37.3 Å². The second-order valence-electron chi connectivity index (χ2n) is 4.54. The molecular weight excluding hydrogens is 268 g/mol. The Bertz CT molecular complexity index is 797. The van der Waals surface area contributed by atoms with E-state index in [1.807, 2.05) is 12.1 Å². The Balaban J connectivity index is 1.92. The number of carbonyl (C=O) groups excluding carboxylic acids is 1. The number of fused-ring (bicyclic) bond motifs is 1. The molecule has 3 aromatic heterocycles. The van der Waals surface area contributed by atoms with Crippen molar-refractivity contribution in [3.8, 4) is 5.88 Å². The van der Waals surface area contributed by atoms with Crippen LogP contribution in [0, 0.1) is 0 Å². The number of amides is 1. The summed E-state index contributed by atoms with van der Waals surface area (Å²) in [5.41, 5.74) is 2.20. The molecule has 6 heteroatoms. The van der Waals surface area contributed by atoms with Crippen LogP contribution in [0.1, 0.15) is 10.4 Å². The van der Waals surface area contributed by atoms with Gasteiger partial charge in [-0.25, -0.2) is 9.50 Å². The fourth-order valence-corrected chi connectivity index (χ4v) is 2.08. The topological polar surface area (TPSA) is 59.7 Å². The summed E-state index contributed by atoms with van der Waals surface area (Å²) < 4.78 is 6.79. The number of aromatic nitrogens is 3. The number of ether oxygens (including phenoxy) is 1. The predicted molar refractivity (Wildman–Crippen MR) is 78.7 cm³/mol. The minimum Gasteiger partial charge on any atom is -0.481 e. The van der Waals surface area contributed by atoms with Gasteiger partial charge in [-0.1, -0.05) is 0 Å². The molecule has 0 aromatic carbocycles. The zero-order valence-electron chi connectivity index (χ0n) is 11.7. The summed E-state index contributed by atoms with van der Waals surface area (Å²) >= 11 is 0. The Labute approximate surface area is 121 Å². The van der Waals surface area contributed by atoms with Gasteiger partial charge in [0.1, 0.15) is 0 Å². The molecule has 0 saturated heterocycles. The highest BCUT2D eigenvalue weighted by atomic mass is 16.5. The summed E-state index contributed by atoms with van der Waals surface area (Å²) in [4.78, 5) is 18.1. The normalized spacial score (nSPS) is 10.6. The molecular formula is C15H14N4O2. The fourth-order valence-electron chi connectivity index (χ4n) is 2.08. The van der Waals surface area contributed by atoms with Crippen molar-refractivity contribution in [2.75, 3.05) is 19.1 Å². The standard InChI is InChI=1S/C15H14N4O2/c1-18(12-3-6-16-14(10-12)21-2)15(20)11-5-8-19-13(9-11)4-7-17-19/h3-10H,1-2H3. The van der Waals surface area contributed by atoms with Gasteiger partial charge in [-0.2, -0.15) is 5.10 Å². The summed E-state index contributed by atoms with van der Waals surface area (Å²) in [6, 6.07) is 8.89. The molecule has 0 atom stereocenters. The first-order valence-corrected chi connectivity index (χ1v) is 6.40. The number of hydrogen-bond donors (Lipinski definition) is 0. The van der Waals surface area contributed by atoms with E-state index < -0.39 is 0 Å². The number of pyridine rings is 2. The third kappa shape index (κ3) is 2.43. The van der Waals surface area contributed by atoms with Gasteiger partial charge in [0.25, 0.3) is 5.91 Å². The molecule has 0 bridgehead atoms. The van der Waals surface area contributed by atoms with E-state index in [9.17, 15) is 4.79 Å². The van der Waals surface area contributed by atoms with Crippen LogP contribution in [0.2, 0.25) is 0 Å². The van der Waals surface area contributed by atoms with Gasteiger partial charge in [-0.3, -0.25) is 4.79 Å². The fraction of sp³-hybridized carbons (Fsp3) is 0.133. The monoisotopic (exact) mass is 282 g/mol. The van der Waals surface area contributed by atoms with Gasteiger partial charge in [0.2, 0.25) is 5.88 Å². The van der Waals surface area contributed by atoms with Gasteiger partial charge >= 0.3 is 0 Å². The minimum absolute atomic E-state index is 0.105. The van der Waals surface area contributed by atoms with Crippen LogP contribution in [0.15, 0.2) is 48.9 Å². The second-order valence-corrected chi connectivity index (χ2v) is 4.54. The maximum atomic E-state index is 12.5. The van der Waals surface area contributed by atoms with Crippen molar-refractivity contribution < 1.29 is 9.53 Å². The highest BCUT2D eigenvalue weighted by Gasteiger charge is 2.15. The third-order valence-corrected chi connectivity index (χ3v) is 3.27. The van der Waals surface area contributed by atoms with E-state index in [-0.39, 0.29) is 5.91 Å². The van der Waals surface area contributed by atoms with E-state index in [2.05, 4.69) is 10.1 Å². The molecule has 0 aliphatic heterocycles. The van der Waals surface area contributed by atoms with E-state index in [1.54, 1.807) is 60.4 Å². The van der Waals surface area contributed by atoms with Crippen molar-refractivity contribution in [1.82, 2.24) is 14.6 Å². The molecule has 21 heavy (non-hydrogen) atoms. The maximum absolute atomic E-state index is 12.5. The number of nitrogens with zero attached hydrogens (tertiary/aromatic N) is 4. The quantitative estimate of drug-likeness (QED) is 0.737. The lowest BCUT2D eigenvalue weighted by Gasteiger charge is -2.17. The van der Waals surface area contributed by atoms with E-state index in [4.69, 9.17) is 4.74 Å². The Morgan fingerprint density at radius 1 is 1.24 bits per heavy atom. The van der Waals surface area contributed by atoms with Crippen LogP contribution in [-0.4, -0.2) is 34.7 Å². The summed E-state index contributed by atoms with van der Waals surface area (Å²) in [7, 11) is 3.26. The first-order valence-electron chi connectivity index (χ1n) is 6.40. The molecule has 0 fully saturated rings. The largest absolute Gasteiger partial charge is 0.481 e. The average molecular weight is 282 g/mol. The number of carbonyl (C=O) groups is 1. The second kappa shape index (κ2) is 5.24. The molecule has 3 heterocycles. The average Bonchev–Trinajstić information content (AvgIpc) is 3.01. The van der Waals surface area contributed by atoms with Crippen LogP contribution >= 0.6 is 0 Å². The number of rotatable bonds is 3. The highest BCUT2D eigenvalue weighted by Crippen LogP contribution is 2.19. The lowest BCUT2D eigenvalue weighted by Crippen LogP contribution is -2.26. The summed E-state index contributed by atoms with van der Waals surface area (Å²) in [5.74, 6) is 0.366. The smallest absolute Gasteiger partial charge is 0.258 e. The van der Waals surface area contributed by atoms with Crippen LogP contribution in [0.25, 0.3) is 5.52 Å². The maximum Gasteiger partial charge on any atom is 0.258 e. The molecule has 0 aliphatic carbocycles. The zero-order valence-corrected chi connectivity index (χ0v) is 11.7. The Morgan fingerprint density at radius 3 is 2.90 bits per heavy atom. The van der Waals surface area contributed by atoms with Crippen molar-refractivity contribution in [3.05, 3.63) is 54.5 Å². The molecule has 106 valence electrons. The molecule has 3 aromatic rings. The Kier molecular flexibility index (Phi) is 3.27. The summed E-state index contributed by atoms with van der Waals surface area (Å²) in [6.45, 7) is 0. The lowest BCUT2D eigenvalue weighted by atomic mass is 10.2. The van der Waals surface area contributed by atoms with E-state index in [1.165, 1.54) is 0 Å². The van der Waals surface area contributed by atoms with Crippen LogP contribution in [-0.2, 0) is 0 Å². The third-order valence-electron chi connectivity index (χ3n) is 3.27. The Hall–Kier alpha value is -2.89. The van der Waals surface area contributed by atoms with Crippen LogP contribution in [0.4, 0.5) is 5.69 Å². The van der Waals surface area contributed by atoms with Crippen LogP contribution < -0.4 is 9.64 Å². The van der Waals surface area contributed by atoms with Crippen molar-refractivity contribution in [2.24, 2.45) is 0 Å².